The molecule has 0 amide bonds. The largest absolute Gasteiger partial charge is 0.507 e. The molecule has 0 radical (unpaired) electrons. The zero-order chi connectivity index (χ0) is 19.9. The number of rotatable bonds is 3. The summed E-state index contributed by atoms with van der Waals surface area (Å²) in [7, 11) is 0. The fraction of sp³-hybridized carbons (Fsp3) is 0.500. The number of hydrogen-bond acceptors (Lipinski definition) is 6. The molecule has 2 fully saturated rings. The first-order valence-electron chi connectivity index (χ1n) is 9.43. The molecule has 2 N–H and O–H groups in total. The van der Waals surface area contributed by atoms with Gasteiger partial charge in [-0.2, -0.15) is 0 Å². The molecule has 0 aliphatic carbocycles. The molecule has 0 unspecified atom stereocenters. The van der Waals surface area contributed by atoms with E-state index in [4.69, 9.17) is 27.9 Å². The number of aliphatic hydroxyl groups is 1. The van der Waals surface area contributed by atoms with Crippen LogP contribution in [0.2, 0.25) is 10.0 Å². The Hall–Kier alpha value is -1.60. The molecule has 150 valence electrons. The Morgan fingerprint density at radius 1 is 1.29 bits per heavy atom. The molecule has 0 saturated carbocycles. The zero-order valence-electron chi connectivity index (χ0n) is 15.7. The highest BCUT2D eigenvalue weighted by molar-refractivity contribution is 6.44. The quantitative estimate of drug-likeness (QED) is 0.774. The molecule has 0 bridgehead atoms. The standard InChI is InChI=1S/C20H23Cl2N3O3/c1-12-8-20(11-28-12)4-6-25(7-5-20)19-15(10-26)24-14(9-23-19)17-16(27)3-2-13(21)18(17)22/h2-3,9,12,26-27H,4-8,10-11H2,1H3/t12-/m0/s1. The molecule has 6 nitrogen and oxygen atoms in total. The van der Waals surface area contributed by atoms with E-state index in [0.717, 1.165) is 39.0 Å². The average molecular weight is 424 g/mol. The summed E-state index contributed by atoms with van der Waals surface area (Å²) in [5.74, 6) is 0.640. The molecular weight excluding hydrogens is 401 g/mol. The van der Waals surface area contributed by atoms with Crippen LogP contribution >= 0.6 is 23.2 Å². The minimum Gasteiger partial charge on any atom is -0.507 e. The van der Waals surface area contributed by atoms with Gasteiger partial charge in [0.1, 0.15) is 11.4 Å². The molecule has 1 spiro atoms. The molecule has 1 atom stereocenters. The summed E-state index contributed by atoms with van der Waals surface area (Å²) in [6.45, 7) is 4.40. The van der Waals surface area contributed by atoms with Gasteiger partial charge in [-0.1, -0.05) is 23.2 Å². The number of phenols is 1. The average Bonchev–Trinajstić information content (AvgIpc) is 3.06. The number of ether oxygens (including phenoxy) is 1. The van der Waals surface area contributed by atoms with Crippen molar-refractivity contribution in [3.05, 3.63) is 34.1 Å². The summed E-state index contributed by atoms with van der Waals surface area (Å²) >= 11 is 12.3. The first-order chi connectivity index (χ1) is 13.4. The third kappa shape index (κ3) is 3.54. The fourth-order valence-corrected chi connectivity index (χ4v) is 4.70. The molecule has 28 heavy (non-hydrogen) atoms. The SMILES string of the molecule is C[C@H]1CC2(CCN(c3ncc(-c4c(O)ccc(Cl)c4Cl)nc3CO)CC2)CO1. The van der Waals surface area contributed by atoms with Crippen LogP contribution in [0.4, 0.5) is 5.82 Å². The van der Waals surface area contributed by atoms with Crippen LogP contribution in [0.25, 0.3) is 11.3 Å². The van der Waals surface area contributed by atoms with E-state index >= 15 is 0 Å². The van der Waals surface area contributed by atoms with Crippen LogP contribution in [-0.2, 0) is 11.3 Å². The maximum absolute atomic E-state index is 10.2. The number of aliphatic hydroxyl groups excluding tert-OH is 1. The van der Waals surface area contributed by atoms with E-state index in [-0.39, 0.29) is 22.8 Å². The Kier molecular flexibility index (Phi) is 5.40. The topological polar surface area (TPSA) is 78.7 Å². The van der Waals surface area contributed by atoms with Crippen molar-refractivity contribution < 1.29 is 14.9 Å². The van der Waals surface area contributed by atoms with Crippen molar-refractivity contribution in [1.29, 1.82) is 0 Å². The highest BCUT2D eigenvalue weighted by Gasteiger charge is 2.41. The monoisotopic (exact) mass is 423 g/mol. The van der Waals surface area contributed by atoms with E-state index in [1.165, 1.54) is 12.1 Å². The molecule has 2 aliphatic rings. The second-order valence-corrected chi connectivity index (χ2v) is 8.54. The van der Waals surface area contributed by atoms with Gasteiger partial charge in [-0.25, -0.2) is 9.97 Å². The van der Waals surface area contributed by atoms with E-state index in [0.29, 0.717) is 33.9 Å². The van der Waals surface area contributed by atoms with Gasteiger partial charge in [-0.15, -0.1) is 0 Å². The Morgan fingerprint density at radius 2 is 2.04 bits per heavy atom. The van der Waals surface area contributed by atoms with Crippen molar-refractivity contribution in [2.24, 2.45) is 5.41 Å². The minimum absolute atomic E-state index is 0.0318. The molecule has 2 saturated heterocycles. The molecule has 3 heterocycles. The lowest BCUT2D eigenvalue weighted by Crippen LogP contribution is -2.41. The van der Waals surface area contributed by atoms with Gasteiger partial charge in [0.25, 0.3) is 0 Å². The number of halogens is 2. The highest BCUT2D eigenvalue weighted by atomic mass is 35.5. The predicted molar refractivity (Wildman–Crippen MR) is 109 cm³/mol. The number of benzene rings is 1. The van der Waals surface area contributed by atoms with Gasteiger partial charge in [0.05, 0.1) is 46.8 Å². The zero-order valence-corrected chi connectivity index (χ0v) is 17.2. The molecule has 1 aromatic carbocycles. The van der Waals surface area contributed by atoms with Crippen molar-refractivity contribution in [1.82, 2.24) is 9.97 Å². The van der Waals surface area contributed by atoms with Crippen molar-refractivity contribution in [2.75, 3.05) is 24.6 Å². The second kappa shape index (κ2) is 7.67. The van der Waals surface area contributed by atoms with Gasteiger partial charge in [-0.3, -0.25) is 0 Å². The number of nitrogens with zero attached hydrogens (tertiary/aromatic N) is 3. The lowest BCUT2D eigenvalue weighted by atomic mass is 9.77. The van der Waals surface area contributed by atoms with Crippen LogP contribution in [0.3, 0.4) is 0 Å². The molecule has 1 aromatic heterocycles. The van der Waals surface area contributed by atoms with Crippen LogP contribution in [0, 0.1) is 5.41 Å². The van der Waals surface area contributed by atoms with Gasteiger partial charge in [-0.05, 0) is 43.7 Å². The maximum Gasteiger partial charge on any atom is 0.152 e. The van der Waals surface area contributed by atoms with Gasteiger partial charge >= 0.3 is 0 Å². The molecule has 4 rings (SSSR count). The highest BCUT2D eigenvalue weighted by Crippen LogP contribution is 2.43. The van der Waals surface area contributed by atoms with E-state index in [2.05, 4.69) is 21.8 Å². The van der Waals surface area contributed by atoms with Crippen LogP contribution in [0.1, 0.15) is 31.9 Å². The van der Waals surface area contributed by atoms with Crippen LogP contribution in [0.5, 0.6) is 5.75 Å². The number of hydrogen-bond donors (Lipinski definition) is 2. The number of aromatic nitrogens is 2. The van der Waals surface area contributed by atoms with Crippen molar-refractivity contribution in [3.63, 3.8) is 0 Å². The Balaban J connectivity index is 1.60. The molecule has 2 aromatic rings. The van der Waals surface area contributed by atoms with E-state index < -0.39 is 0 Å². The lowest BCUT2D eigenvalue weighted by Gasteiger charge is -2.39. The number of aromatic hydroxyl groups is 1. The third-order valence-electron chi connectivity index (χ3n) is 5.82. The van der Waals surface area contributed by atoms with E-state index in [1.807, 2.05) is 0 Å². The Labute approximate surface area is 174 Å². The molecule has 2 aliphatic heterocycles. The number of phenolic OH excluding ortho intramolecular Hbond substituents is 1. The molecule has 8 heteroatoms. The maximum atomic E-state index is 10.2. The normalized spacial score (nSPS) is 21.4. The van der Waals surface area contributed by atoms with Gasteiger partial charge in [0.2, 0.25) is 0 Å². The van der Waals surface area contributed by atoms with Crippen molar-refractivity contribution in [3.8, 4) is 17.0 Å². The smallest absolute Gasteiger partial charge is 0.152 e. The predicted octanol–water partition coefficient (Wildman–Crippen LogP) is 4.04. The summed E-state index contributed by atoms with van der Waals surface area (Å²) in [4.78, 5) is 11.2. The summed E-state index contributed by atoms with van der Waals surface area (Å²) in [5, 5.41) is 20.6. The van der Waals surface area contributed by atoms with Crippen molar-refractivity contribution in [2.45, 2.75) is 38.9 Å². The third-order valence-corrected chi connectivity index (χ3v) is 6.62. The number of piperidine rings is 1. The van der Waals surface area contributed by atoms with Crippen LogP contribution < -0.4 is 4.90 Å². The van der Waals surface area contributed by atoms with Crippen LogP contribution in [-0.4, -0.2) is 46.0 Å². The first-order valence-corrected chi connectivity index (χ1v) is 10.2. The fourth-order valence-electron chi connectivity index (χ4n) is 4.28. The lowest BCUT2D eigenvalue weighted by molar-refractivity contribution is 0.0975. The van der Waals surface area contributed by atoms with Crippen LogP contribution in [0.15, 0.2) is 18.3 Å². The van der Waals surface area contributed by atoms with E-state index in [1.54, 1.807) is 6.20 Å². The Bertz CT molecular complexity index is 885. The van der Waals surface area contributed by atoms with Gasteiger partial charge in [0.15, 0.2) is 5.82 Å². The minimum atomic E-state index is -0.253. The van der Waals surface area contributed by atoms with Crippen molar-refractivity contribution >= 4 is 29.0 Å². The first kappa shape index (κ1) is 19.7. The van der Waals surface area contributed by atoms with E-state index in [9.17, 15) is 10.2 Å². The summed E-state index contributed by atoms with van der Waals surface area (Å²) < 4.78 is 5.80. The van der Waals surface area contributed by atoms with Gasteiger partial charge < -0.3 is 19.8 Å². The molecular formula is C20H23Cl2N3O3. The van der Waals surface area contributed by atoms with Gasteiger partial charge in [0, 0.05) is 13.1 Å². The number of anilines is 1. The summed E-state index contributed by atoms with van der Waals surface area (Å²) in [5.41, 5.74) is 1.42. The summed E-state index contributed by atoms with van der Waals surface area (Å²) in [6.07, 6.45) is 5.06. The summed E-state index contributed by atoms with van der Waals surface area (Å²) in [6, 6.07) is 2.99. The second-order valence-electron chi connectivity index (χ2n) is 7.75. The Morgan fingerprint density at radius 3 is 2.68 bits per heavy atom.